The van der Waals surface area contributed by atoms with Crippen LogP contribution in [-0.2, 0) is 20.7 Å². The summed E-state index contributed by atoms with van der Waals surface area (Å²) in [6.07, 6.45) is 1.42. The fourth-order valence-electron chi connectivity index (χ4n) is 1.86. The van der Waals surface area contributed by atoms with Crippen LogP contribution in [-0.4, -0.2) is 25.8 Å². The number of carbonyl (C=O) groups is 1. The molecule has 1 aromatic carbocycles. The molecule has 2 rings (SSSR count). The first-order chi connectivity index (χ1) is 8.13. The normalized spacial score (nSPS) is 28.9. The van der Waals surface area contributed by atoms with Crippen LogP contribution < -0.4 is 0 Å². The minimum absolute atomic E-state index is 0.232. The quantitative estimate of drug-likeness (QED) is 0.751. The molecule has 0 amide bonds. The lowest BCUT2D eigenvalue weighted by atomic mass is 9.94. The first-order valence-electron chi connectivity index (χ1n) is 5.87. The highest BCUT2D eigenvalue weighted by Crippen LogP contribution is 2.23. The van der Waals surface area contributed by atoms with Crippen molar-refractivity contribution >= 4 is 6.29 Å². The van der Waals surface area contributed by atoms with E-state index < -0.39 is 5.41 Å². The average Bonchev–Trinajstić information content (AvgIpc) is 2.35. The molecule has 0 aliphatic carbocycles. The molecule has 92 valence electrons. The predicted molar refractivity (Wildman–Crippen MR) is 64.7 cm³/mol. The van der Waals surface area contributed by atoms with E-state index in [0.29, 0.717) is 13.2 Å². The van der Waals surface area contributed by atoms with E-state index in [2.05, 4.69) is 19.1 Å². The largest absolute Gasteiger partial charge is 0.351 e. The molecule has 0 saturated carbocycles. The molecule has 0 atom stereocenters. The molecule has 1 heterocycles. The van der Waals surface area contributed by atoms with Gasteiger partial charge in [0.25, 0.3) is 0 Å². The topological polar surface area (TPSA) is 35.5 Å². The standard InChI is InChI=1S/C14H18O3/c1-11-5-3-4-6-12(11)7-13-16-9-14(2,8-15)10-17-13/h3-6,8,13H,7,9-10H2,1-2H3. The third-order valence-electron chi connectivity index (χ3n) is 3.13. The summed E-state index contributed by atoms with van der Waals surface area (Å²) in [7, 11) is 0. The van der Waals surface area contributed by atoms with E-state index >= 15 is 0 Å². The monoisotopic (exact) mass is 234 g/mol. The van der Waals surface area contributed by atoms with Gasteiger partial charge >= 0.3 is 0 Å². The van der Waals surface area contributed by atoms with Gasteiger partial charge in [-0.15, -0.1) is 0 Å². The molecule has 0 bridgehead atoms. The van der Waals surface area contributed by atoms with Crippen LogP contribution in [0.25, 0.3) is 0 Å². The maximum absolute atomic E-state index is 10.8. The minimum atomic E-state index is -0.484. The van der Waals surface area contributed by atoms with Crippen LogP contribution in [0.2, 0.25) is 0 Å². The molecule has 1 aliphatic heterocycles. The average molecular weight is 234 g/mol. The summed E-state index contributed by atoms with van der Waals surface area (Å²) in [5.41, 5.74) is 1.98. The Balaban J connectivity index is 1.95. The molecule has 0 unspecified atom stereocenters. The van der Waals surface area contributed by atoms with Gasteiger partial charge in [-0.1, -0.05) is 24.3 Å². The molecule has 1 aliphatic rings. The Bertz CT molecular complexity index is 392. The van der Waals surface area contributed by atoms with Crippen LogP contribution in [0.4, 0.5) is 0 Å². The zero-order valence-electron chi connectivity index (χ0n) is 10.3. The lowest BCUT2D eigenvalue weighted by Gasteiger charge is -2.33. The summed E-state index contributed by atoms with van der Waals surface area (Å²) in [5.74, 6) is 0. The summed E-state index contributed by atoms with van der Waals surface area (Å²) in [6, 6.07) is 8.19. The summed E-state index contributed by atoms with van der Waals surface area (Å²) < 4.78 is 11.2. The highest BCUT2D eigenvalue weighted by Gasteiger charge is 2.32. The van der Waals surface area contributed by atoms with E-state index in [4.69, 9.17) is 9.47 Å². The Labute approximate surface area is 102 Å². The van der Waals surface area contributed by atoms with Gasteiger partial charge in [0.05, 0.1) is 18.6 Å². The summed E-state index contributed by atoms with van der Waals surface area (Å²) in [6.45, 7) is 4.80. The number of carbonyl (C=O) groups excluding carboxylic acids is 1. The van der Waals surface area contributed by atoms with E-state index in [9.17, 15) is 4.79 Å². The van der Waals surface area contributed by atoms with Crippen LogP contribution >= 0.6 is 0 Å². The summed E-state index contributed by atoms with van der Waals surface area (Å²) in [5, 5.41) is 0. The van der Waals surface area contributed by atoms with Crippen LogP contribution in [0.1, 0.15) is 18.1 Å². The van der Waals surface area contributed by atoms with Crippen molar-refractivity contribution in [1.29, 1.82) is 0 Å². The van der Waals surface area contributed by atoms with E-state index in [1.807, 2.05) is 19.1 Å². The fourth-order valence-corrected chi connectivity index (χ4v) is 1.86. The number of benzene rings is 1. The molecule has 0 spiro atoms. The Morgan fingerprint density at radius 1 is 1.35 bits per heavy atom. The molecule has 3 nitrogen and oxygen atoms in total. The van der Waals surface area contributed by atoms with Crippen LogP contribution in [0.15, 0.2) is 24.3 Å². The number of rotatable bonds is 3. The molecule has 3 heteroatoms. The Morgan fingerprint density at radius 2 is 2.00 bits per heavy atom. The van der Waals surface area contributed by atoms with Crippen molar-refractivity contribution < 1.29 is 14.3 Å². The molecule has 1 saturated heterocycles. The van der Waals surface area contributed by atoms with Gasteiger partial charge in [0, 0.05) is 6.42 Å². The van der Waals surface area contributed by atoms with Crippen molar-refractivity contribution in [1.82, 2.24) is 0 Å². The summed E-state index contributed by atoms with van der Waals surface area (Å²) in [4.78, 5) is 10.8. The SMILES string of the molecule is Cc1ccccc1CC1OCC(C)(C=O)CO1. The molecule has 0 aromatic heterocycles. The lowest BCUT2D eigenvalue weighted by Crippen LogP contribution is -2.41. The number of hydrogen-bond donors (Lipinski definition) is 0. The van der Waals surface area contributed by atoms with E-state index in [0.717, 1.165) is 12.7 Å². The molecule has 1 fully saturated rings. The molecular weight excluding hydrogens is 216 g/mol. The first kappa shape index (κ1) is 12.3. The second-order valence-electron chi connectivity index (χ2n) is 4.95. The van der Waals surface area contributed by atoms with Gasteiger partial charge in [-0.2, -0.15) is 0 Å². The van der Waals surface area contributed by atoms with Crippen LogP contribution in [0.5, 0.6) is 0 Å². The summed E-state index contributed by atoms with van der Waals surface area (Å²) >= 11 is 0. The zero-order valence-corrected chi connectivity index (χ0v) is 10.3. The van der Waals surface area contributed by atoms with Crippen molar-refractivity contribution in [3.05, 3.63) is 35.4 Å². The predicted octanol–water partition coefficient (Wildman–Crippen LogP) is 2.12. The fraction of sp³-hybridized carbons (Fsp3) is 0.500. The van der Waals surface area contributed by atoms with Crippen molar-refractivity contribution in [2.24, 2.45) is 5.41 Å². The first-order valence-corrected chi connectivity index (χ1v) is 5.87. The Hall–Kier alpha value is -1.19. The van der Waals surface area contributed by atoms with Gasteiger partial charge in [-0.25, -0.2) is 0 Å². The van der Waals surface area contributed by atoms with Gasteiger partial charge in [0.2, 0.25) is 0 Å². The number of hydrogen-bond acceptors (Lipinski definition) is 3. The molecule has 1 aromatic rings. The van der Waals surface area contributed by atoms with Gasteiger partial charge in [0.1, 0.15) is 6.29 Å². The minimum Gasteiger partial charge on any atom is -0.351 e. The van der Waals surface area contributed by atoms with E-state index in [-0.39, 0.29) is 6.29 Å². The van der Waals surface area contributed by atoms with Crippen molar-refractivity contribution in [2.45, 2.75) is 26.6 Å². The molecule has 0 radical (unpaired) electrons. The number of aldehydes is 1. The second kappa shape index (κ2) is 4.98. The number of aryl methyl sites for hydroxylation is 1. The zero-order chi connectivity index (χ0) is 12.3. The van der Waals surface area contributed by atoms with Crippen molar-refractivity contribution in [3.8, 4) is 0 Å². The van der Waals surface area contributed by atoms with Gasteiger partial charge in [-0.3, -0.25) is 0 Å². The Morgan fingerprint density at radius 3 is 2.59 bits per heavy atom. The third-order valence-corrected chi connectivity index (χ3v) is 3.13. The second-order valence-corrected chi connectivity index (χ2v) is 4.95. The van der Waals surface area contributed by atoms with Crippen LogP contribution in [0.3, 0.4) is 0 Å². The van der Waals surface area contributed by atoms with Gasteiger partial charge in [-0.05, 0) is 25.0 Å². The van der Waals surface area contributed by atoms with Gasteiger partial charge in [0.15, 0.2) is 6.29 Å². The van der Waals surface area contributed by atoms with E-state index in [1.54, 1.807) is 0 Å². The highest BCUT2D eigenvalue weighted by molar-refractivity contribution is 5.59. The number of ether oxygens (including phenoxy) is 2. The van der Waals surface area contributed by atoms with Crippen molar-refractivity contribution in [3.63, 3.8) is 0 Å². The molecular formula is C14H18O3. The maximum Gasteiger partial charge on any atom is 0.161 e. The van der Waals surface area contributed by atoms with Gasteiger partial charge < -0.3 is 14.3 Å². The third kappa shape index (κ3) is 2.93. The molecule has 17 heavy (non-hydrogen) atoms. The van der Waals surface area contributed by atoms with Crippen molar-refractivity contribution in [2.75, 3.05) is 13.2 Å². The lowest BCUT2D eigenvalue weighted by molar-refractivity contribution is -0.218. The van der Waals surface area contributed by atoms with Crippen LogP contribution in [0, 0.1) is 12.3 Å². The van der Waals surface area contributed by atoms with E-state index in [1.165, 1.54) is 11.1 Å². The Kier molecular flexibility index (Phi) is 3.60. The maximum atomic E-state index is 10.8. The highest BCUT2D eigenvalue weighted by atomic mass is 16.7. The molecule has 0 N–H and O–H groups in total. The smallest absolute Gasteiger partial charge is 0.161 e.